The van der Waals surface area contributed by atoms with Gasteiger partial charge >= 0.3 is 5.97 Å². The Bertz CT molecular complexity index is 1190. The minimum Gasteiger partial charge on any atom is -0.496 e. The van der Waals surface area contributed by atoms with E-state index in [0.717, 1.165) is 0 Å². The van der Waals surface area contributed by atoms with Gasteiger partial charge in [0.25, 0.3) is 0 Å². The van der Waals surface area contributed by atoms with Crippen molar-refractivity contribution in [3.05, 3.63) is 70.8 Å². The van der Waals surface area contributed by atoms with Gasteiger partial charge in [0, 0.05) is 23.2 Å². The summed E-state index contributed by atoms with van der Waals surface area (Å²) in [4.78, 5) is 30.8. The number of oxazole rings is 1. The molecule has 0 saturated heterocycles. The first kappa shape index (κ1) is 16.6. The average Bonchev–Trinajstić information content (AvgIpc) is 3.21. The van der Waals surface area contributed by atoms with Crippen molar-refractivity contribution in [2.24, 2.45) is 0 Å². The van der Waals surface area contributed by atoms with E-state index < -0.39 is 5.97 Å². The zero-order valence-corrected chi connectivity index (χ0v) is 14.2. The highest BCUT2D eigenvalue weighted by atomic mass is 16.5. The zero-order valence-electron chi connectivity index (χ0n) is 14.2. The second kappa shape index (κ2) is 6.45. The van der Waals surface area contributed by atoms with Gasteiger partial charge in [0.15, 0.2) is 17.6 Å². The quantitative estimate of drug-likeness (QED) is 0.575. The number of aromatic amines is 1. The summed E-state index contributed by atoms with van der Waals surface area (Å²) in [5, 5.41) is 9.49. The van der Waals surface area contributed by atoms with Gasteiger partial charge in [0.1, 0.15) is 5.75 Å². The summed E-state index contributed by atoms with van der Waals surface area (Å²) in [5.74, 6) is 0.0352. The van der Waals surface area contributed by atoms with Gasteiger partial charge < -0.3 is 19.2 Å². The van der Waals surface area contributed by atoms with Gasteiger partial charge in [0.05, 0.1) is 30.0 Å². The van der Waals surface area contributed by atoms with Gasteiger partial charge in [-0.05, 0) is 23.8 Å². The maximum absolute atomic E-state index is 12.7. The third-order valence-corrected chi connectivity index (χ3v) is 4.29. The van der Waals surface area contributed by atoms with Crippen molar-refractivity contribution < 1.29 is 19.1 Å². The number of hydrogen-bond donors (Lipinski definition) is 2. The molecule has 4 rings (SSSR count). The van der Waals surface area contributed by atoms with Gasteiger partial charge in [-0.2, -0.15) is 0 Å². The maximum Gasteiger partial charge on any atom is 0.335 e. The second-order valence-corrected chi connectivity index (χ2v) is 5.89. The van der Waals surface area contributed by atoms with E-state index in [-0.39, 0.29) is 11.0 Å². The van der Waals surface area contributed by atoms with Crippen LogP contribution in [0.1, 0.15) is 10.4 Å². The smallest absolute Gasteiger partial charge is 0.335 e. The molecule has 0 radical (unpaired) electrons. The normalized spacial score (nSPS) is 10.9. The Morgan fingerprint density at radius 1 is 1.19 bits per heavy atom. The molecular formula is C20H14N2O5. The molecule has 2 aromatic heterocycles. The number of nitrogens with zero attached hydrogens (tertiary/aromatic N) is 1. The van der Waals surface area contributed by atoms with Crippen molar-refractivity contribution in [1.82, 2.24) is 9.97 Å². The number of carboxylic acids is 1. The SMILES string of the molecule is COc1cc2[nH]c(-c3ccc(C(=O)O)cc3)cc(=O)c2cc1-c1cnco1. The maximum atomic E-state index is 12.7. The Hall–Kier alpha value is -3.87. The van der Waals surface area contributed by atoms with Crippen LogP contribution < -0.4 is 10.2 Å². The first-order valence-electron chi connectivity index (χ1n) is 8.04. The van der Waals surface area contributed by atoms with E-state index in [1.807, 2.05) is 0 Å². The molecule has 0 aliphatic heterocycles. The van der Waals surface area contributed by atoms with E-state index in [9.17, 15) is 9.59 Å². The molecule has 0 unspecified atom stereocenters. The highest BCUT2D eigenvalue weighted by Crippen LogP contribution is 2.33. The van der Waals surface area contributed by atoms with Crippen LogP contribution in [0.5, 0.6) is 5.75 Å². The van der Waals surface area contributed by atoms with Crippen molar-refractivity contribution >= 4 is 16.9 Å². The number of ether oxygens (including phenoxy) is 1. The highest BCUT2D eigenvalue weighted by molar-refractivity contribution is 5.90. The van der Waals surface area contributed by atoms with E-state index in [1.165, 1.54) is 31.7 Å². The van der Waals surface area contributed by atoms with Crippen molar-refractivity contribution in [3.8, 4) is 28.3 Å². The summed E-state index contributed by atoms with van der Waals surface area (Å²) in [6.45, 7) is 0. The van der Waals surface area contributed by atoms with Crippen LogP contribution in [0.3, 0.4) is 0 Å². The molecule has 0 spiro atoms. The molecular weight excluding hydrogens is 348 g/mol. The minimum absolute atomic E-state index is 0.176. The molecule has 2 aromatic carbocycles. The molecule has 0 aliphatic carbocycles. The Kier molecular flexibility index (Phi) is 3.97. The van der Waals surface area contributed by atoms with Gasteiger partial charge in [-0.1, -0.05) is 12.1 Å². The van der Waals surface area contributed by atoms with E-state index in [1.54, 1.807) is 30.5 Å². The number of H-pyrrole nitrogens is 1. The molecule has 0 saturated carbocycles. The van der Waals surface area contributed by atoms with Crippen molar-refractivity contribution in [1.29, 1.82) is 0 Å². The van der Waals surface area contributed by atoms with Crippen molar-refractivity contribution in [3.63, 3.8) is 0 Å². The lowest BCUT2D eigenvalue weighted by molar-refractivity contribution is 0.0697. The zero-order chi connectivity index (χ0) is 19.0. The summed E-state index contributed by atoms with van der Waals surface area (Å²) in [5.41, 5.74) is 2.52. The molecule has 0 fully saturated rings. The summed E-state index contributed by atoms with van der Waals surface area (Å²) in [7, 11) is 1.54. The lowest BCUT2D eigenvalue weighted by atomic mass is 10.0. The molecule has 27 heavy (non-hydrogen) atoms. The molecule has 2 heterocycles. The number of nitrogens with one attached hydrogen (secondary N) is 1. The lowest BCUT2D eigenvalue weighted by Gasteiger charge is -2.10. The Morgan fingerprint density at radius 2 is 1.96 bits per heavy atom. The lowest BCUT2D eigenvalue weighted by Crippen LogP contribution is -2.04. The van der Waals surface area contributed by atoms with Gasteiger partial charge in [0.2, 0.25) is 0 Å². The number of aromatic nitrogens is 2. The second-order valence-electron chi connectivity index (χ2n) is 5.89. The third-order valence-electron chi connectivity index (χ3n) is 4.29. The van der Waals surface area contributed by atoms with E-state index in [4.69, 9.17) is 14.3 Å². The summed E-state index contributed by atoms with van der Waals surface area (Å²) >= 11 is 0. The standard InChI is InChI=1S/C20H14N2O5/c1-26-18-8-16-13(6-14(18)19-9-21-10-27-19)17(23)7-15(22-16)11-2-4-12(5-3-11)20(24)25/h2-10H,1H3,(H,22,23)(H,24,25). The van der Waals surface area contributed by atoms with Gasteiger partial charge in [-0.15, -0.1) is 0 Å². The van der Waals surface area contributed by atoms with Crippen LogP contribution in [0, 0.1) is 0 Å². The molecule has 7 nitrogen and oxygen atoms in total. The molecule has 0 bridgehead atoms. The van der Waals surface area contributed by atoms with Crippen molar-refractivity contribution in [2.75, 3.05) is 7.11 Å². The topological polar surface area (TPSA) is 105 Å². The number of pyridine rings is 1. The molecule has 0 amide bonds. The first-order chi connectivity index (χ1) is 13.1. The minimum atomic E-state index is -1.00. The number of carbonyl (C=O) groups is 1. The van der Waals surface area contributed by atoms with Crippen LogP contribution in [0.25, 0.3) is 33.5 Å². The van der Waals surface area contributed by atoms with Gasteiger partial charge in [-0.25, -0.2) is 9.78 Å². The molecule has 0 aliphatic rings. The molecule has 7 heteroatoms. The van der Waals surface area contributed by atoms with Crippen LogP contribution >= 0.6 is 0 Å². The van der Waals surface area contributed by atoms with Crippen LogP contribution in [-0.2, 0) is 0 Å². The van der Waals surface area contributed by atoms with E-state index in [0.29, 0.717) is 39.2 Å². The predicted octanol–water partition coefficient (Wildman–Crippen LogP) is 3.56. The summed E-state index contributed by atoms with van der Waals surface area (Å²) in [6, 6.07) is 11.2. The van der Waals surface area contributed by atoms with E-state index >= 15 is 0 Å². The van der Waals surface area contributed by atoms with Crippen molar-refractivity contribution in [2.45, 2.75) is 0 Å². The van der Waals surface area contributed by atoms with Gasteiger partial charge in [-0.3, -0.25) is 4.79 Å². The number of fused-ring (bicyclic) bond motifs is 1. The first-order valence-corrected chi connectivity index (χ1v) is 8.04. The van der Waals surface area contributed by atoms with Crippen LogP contribution in [0.2, 0.25) is 0 Å². The third kappa shape index (κ3) is 2.95. The Morgan fingerprint density at radius 3 is 2.59 bits per heavy atom. The summed E-state index contributed by atoms with van der Waals surface area (Å²) < 4.78 is 10.8. The van der Waals surface area contributed by atoms with Crippen LogP contribution in [0.15, 0.2) is 64.3 Å². The number of rotatable bonds is 4. The molecule has 134 valence electrons. The number of hydrogen-bond acceptors (Lipinski definition) is 5. The number of carboxylic acid groups (broad SMARTS) is 1. The van der Waals surface area contributed by atoms with E-state index in [2.05, 4.69) is 9.97 Å². The Labute approximate surface area is 152 Å². The fraction of sp³-hybridized carbons (Fsp3) is 0.0500. The van der Waals surface area contributed by atoms with Crippen LogP contribution in [0.4, 0.5) is 0 Å². The predicted molar refractivity (Wildman–Crippen MR) is 99.0 cm³/mol. The molecule has 4 aromatic rings. The monoisotopic (exact) mass is 362 g/mol. The molecule has 0 atom stereocenters. The largest absolute Gasteiger partial charge is 0.496 e. The average molecular weight is 362 g/mol. The Balaban J connectivity index is 1.87. The summed E-state index contributed by atoms with van der Waals surface area (Å²) in [6.07, 6.45) is 2.86. The fourth-order valence-corrected chi connectivity index (χ4v) is 2.94. The fourth-order valence-electron chi connectivity index (χ4n) is 2.94. The molecule has 2 N–H and O–H groups in total. The number of methoxy groups -OCH3 is 1. The highest BCUT2D eigenvalue weighted by Gasteiger charge is 2.14. The number of aromatic carboxylic acids is 1. The number of benzene rings is 2. The van der Waals surface area contributed by atoms with Crippen LogP contribution in [-0.4, -0.2) is 28.2 Å².